The Balaban J connectivity index is 1.82. The molecule has 0 fully saturated rings. The minimum atomic E-state index is -0.0946. The van der Waals surface area contributed by atoms with E-state index >= 15 is 0 Å². The molecule has 2 rings (SSSR count). The van der Waals surface area contributed by atoms with E-state index in [0.717, 1.165) is 33.7 Å². The molecule has 0 aliphatic carbocycles. The molecule has 0 bridgehead atoms. The van der Waals surface area contributed by atoms with E-state index in [1.165, 1.54) is 5.56 Å². The standard InChI is InChI=1S/C25H35N3O2/c1-17(2)14-21-10-12-22(13-11-21)20(5)26-24(29)15-28(6)16-25(30)27-23-9-7-8-18(3)19(23)4/h7-13,17,20H,14-16H2,1-6H3,(H,26,29)(H,27,30)/p+1/t20-/m1/s1. The van der Waals surface area contributed by atoms with Crippen molar-refractivity contribution in [2.45, 2.75) is 47.1 Å². The summed E-state index contributed by atoms with van der Waals surface area (Å²) in [5, 5.41) is 5.98. The van der Waals surface area contributed by atoms with Gasteiger partial charge in [0, 0.05) is 5.69 Å². The van der Waals surface area contributed by atoms with Crippen molar-refractivity contribution in [3.8, 4) is 0 Å². The number of carbonyl (C=O) groups is 2. The van der Waals surface area contributed by atoms with Crippen molar-refractivity contribution in [1.82, 2.24) is 5.32 Å². The van der Waals surface area contributed by atoms with Gasteiger partial charge >= 0.3 is 0 Å². The van der Waals surface area contributed by atoms with Crippen molar-refractivity contribution in [2.75, 3.05) is 25.5 Å². The maximum Gasteiger partial charge on any atom is 0.279 e. The second-order valence-electron chi connectivity index (χ2n) is 8.74. The molecule has 0 saturated heterocycles. The van der Waals surface area contributed by atoms with Gasteiger partial charge in [-0.2, -0.15) is 0 Å². The normalized spacial score (nSPS) is 13.0. The lowest BCUT2D eigenvalue weighted by Gasteiger charge is -2.18. The predicted molar refractivity (Wildman–Crippen MR) is 123 cm³/mol. The van der Waals surface area contributed by atoms with Crippen LogP contribution in [0, 0.1) is 19.8 Å². The SMILES string of the molecule is Cc1cccc(NC(=O)C[NH+](C)CC(=O)N[C@H](C)c2ccc(CC(C)C)cc2)c1C. The Bertz CT molecular complexity index is 859. The van der Waals surface area contributed by atoms with Crippen LogP contribution >= 0.6 is 0 Å². The fraction of sp³-hybridized carbons (Fsp3) is 0.440. The molecule has 0 heterocycles. The molecule has 2 aromatic rings. The van der Waals surface area contributed by atoms with Crippen LogP contribution < -0.4 is 15.5 Å². The zero-order chi connectivity index (χ0) is 22.3. The van der Waals surface area contributed by atoms with E-state index in [0.29, 0.717) is 5.92 Å². The van der Waals surface area contributed by atoms with E-state index in [9.17, 15) is 9.59 Å². The van der Waals surface area contributed by atoms with Crippen molar-refractivity contribution >= 4 is 17.5 Å². The van der Waals surface area contributed by atoms with Crippen molar-refractivity contribution in [2.24, 2.45) is 5.92 Å². The van der Waals surface area contributed by atoms with Crippen LogP contribution in [-0.4, -0.2) is 32.0 Å². The van der Waals surface area contributed by atoms with E-state index < -0.39 is 0 Å². The van der Waals surface area contributed by atoms with E-state index in [-0.39, 0.29) is 30.9 Å². The van der Waals surface area contributed by atoms with Crippen LogP contribution in [0.4, 0.5) is 5.69 Å². The van der Waals surface area contributed by atoms with Crippen molar-refractivity contribution in [3.05, 3.63) is 64.7 Å². The minimum absolute atomic E-state index is 0.0641. The second kappa shape index (κ2) is 10.9. The molecule has 0 radical (unpaired) electrons. The lowest BCUT2D eigenvalue weighted by atomic mass is 10.00. The van der Waals surface area contributed by atoms with Gasteiger partial charge < -0.3 is 15.5 Å². The van der Waals surface area contributed by atoms with E-state index in [1.807, 2.05) is 46.0 Å². The second-order valence-corrected chi connectivity index (χ2v) is 8.74. The number of hydrogen-bond donors (Lipinski definition) is 3. The summed E-state index contributed by atoms with van der Waals surface area (Å²) in [6.07, 6.45) is 1.05. The monoisotopic (exact) mass is 410 g/mol. The summed E-state index contributed by atoms with van der Waals surface area (Å²) >= 11 is 0. The Kier molecular flexibility index (Phi) is 8.60. The Hall–Kier alpha value is -2.66. The Labute approximate surface area is 180 Å². The number of carbonyl (C=O) groups excluding carboxylic acids is 2. The number of quaternary nitrogens is 1. The summed E-state index contributed by atoms with van der Waals surface area (Å²) in [5.41, 5.74) is 5.42. The minimum Gasteiger partial charge on any atom is -0.345 e. The molecule has 1 unspecified atom stereocenters. The van der Waals surface area contributed by atoms with Gasteiger partial charge in [-0.25, -0.2) is 0 Å². The first kappa shape index (κ1) is 23.6. The number of rotatable bonds is 9. The van der Waals surface area contributed by atoms with Crippen LogP contribution in [-0.2, 0) is 16.0 Å². The smallest absolute Gasteiger partial charge is 0.279 e. The summed E-state index contributed by atoms with van der Waals surface area (Å²) in [5.74, 6) is 0.465. The highest BCUT2D eigenvalue weighted by Crippen LogP contribution is 2.17. The quantitative estimate of drug-likeness (QED) is 0.595. The molecule has 0 spiro atoms. The lowest BCUT2D eigenvalue weighted by molar-refractivity contribution is -0.862. The van der Waals surface area contributed by atoms with Crippen molar-refractivity contribution in [1.29, 1.82) is 0 Å². The predicted octanol–water partition coefficient (Wildman–Crippen LogP) is 2.83. The molecule has 30 heavy (non-hydrogen) atoms. The number of amides is 2. The third-order valence-electron chi connectivity index (χ3n) is 5.30. The van der Waals surface area contributed by atoms with E-state index in [1.54, 1.807) is 0 Å². The number of likely N-dealkylation sites (N-methyl/N-ethyl adjacent to an activating group) is 1. The zero-order valence-electron chi connectivity index (χ0n) is 19.1. The Morgan fingerprint density at radius 1 is 0.933 bits per heavy atom. The highest BCUT2D eigenvalue weighted by molar-refractivity contribution is 5.92. The summed E-state index contributed by atoms with van der Waals surface area (Å²) in [6.45, 7) is 10.9. The molecular formula is C25H36N3O2+. The maximum absolute atomic E-state index is 12.4. The summed E-state index contributed by atoms with van der Waals surface area (Å²) < 4.78 is 0. The van der Waals surface area contributed by atoms with Crippen LogP contribution in [0.25, 0.3) is 0 Å². The fourth-order valence-corrected chi connectivity index (χ4v) is 3.48. The molecule has 2 amide bonds. The van der Waals surface area contributed by atoms with Gasteiger partial charge in [0.25, 0.3) is 11.8 Å². The first-order valence-electron chi connectivity index (χ1n) is 10.7. The number of benzene rings is 2. The molecular weight excluding hydrogens is 374 g/mol. The summed E-state index contributed by atoms with van der Waals surface area (Å²) in [6, 6.07) is 14.2. The third-order valence-corrected chi connectivity index (χ3v) is 5.30. The van der Waals surface area contributed by atoms with Crippen LogP contribution in [0.3, 0.4) is 0 Å². The number of hydrogen-bond acceptors (Lipinski definition) is 2. The van der Waals surface area contributed by atoms with Crippen LogP contribution in [0.2, 0.25) is 0 Å². The van der Waals surface area contributed by atoms with E-state index in [4.69, 9.17) is 0 Å². The molecule has 0 aliphatic rings. The molecule has 0 aliphatic heterocycles. The van der Waals surface area contributed by atoms with Crippen LogP contribution in [0.15, 0.2) is 42.5 Å². The first-order valence-corrected chi connectivity index (χ1v) is 10.7. The maximum atomic E-state index is 12.4. The molecule has 5 nitrogen and oxygen atoms in total. The molecule has 0 aromatic heterocycles. The molecule has 2 atom stereocenters. The average molecular weight is 411 g/mol. The highest BCUT2D eigenvalue weighted by Gasteiger charge is 2.17. The summed E-state index contributed by atoms with van der Waals surface area (Å²) in [7, 11) is 1.85. The third kappa shape index (κ3) is 7.30. The van der Waals surface area contributed by atoms with Gasteiger partial charge in [0.1, 0.15) is 0 Å². The first-order chi connectivity index (χ1) is 14.2. The average Bonchev–Trinajstić information content (AvgIpc) is 2.65. The van der Waals surface area contributed by atoms with Gasteiger partial charge in [0.15, 0.2) is 13.1 Å². The largest absolute Gasteiger partial charge is 0.345 e. The van der Waals surface area contributed by atoms with Crippen molar-refractivity contribution in [3.63, 3.8) is 0 Å². The highest BCUT2D eigenvalue weighted by atomic mass is 16.2. The van der Waals surface area contributed by atoms with Gasteiger partial charge in [-0.1, -0.05) is 50.2 Å². The molecule has 0 saturated carbocycles. The van der Waals surface area contributed by atoms with Gasteiger partial charge in [-0.3, -0.25) is 9.59 Å². The zero-order valence-corrected chi connectivity index (χ0v) is 19.1. The summed E-state index contributed by atoms with van der Waals surface area (Å²) in [4.78, 5) is 25.6. The molecule has 162 valence electrons. The van der Waals surface area contributed by atoms with Crippen LogP contribution in [0.5, 0.6) is 0 Å². The number of anilines is 1. The van der Waals surface area contributed by atoms with Gasteiger partial charge in [0.2, 0.25) is 0 Å². The lowest BCUT2D eigenvalue weighted by Crippen LogP contribution is -3.11. The molecule has 3 N–H and O–H groups in total. The number of aryl methyl sites for hydroxylation is 1. The topological polar surface area (TPSA) is 62.6 Å². The van der Waals surface area contributed by atoms with Gasteiger partial charge in [0.05, 0.1) is 13.1 Å². The Morgan fingerprint density at radius 3 is 2.20 bits per heavy atom. The van der Waals surface area contributed by atoms with Crippen LogP contribution in [0.1, 0.15) is 49.1 Å². The van der Waals surface area contributed by atoms with Gasteiger partial charge in [-0.15, -0.1) is 0 Å². The fourth-order valence-electron chi connectivity index (χ4n) is 3.48. The Morgan fingerprint density at radius 2 is 1.57 bits per heavy atom. The van der Waals surface area contributed by atoms with E-state index in [2.05, 4.69) is 48.7 Å². The van der Waals surface area contributed by atoms with Gasteiger partial charge in [-0.05, 0) is 61.4 Å². The molecule has 5 heteroatoms. The van der Waals surface area contributed by atoms with Crippen molar-refractivity contribution < 1.29 is 14.5 Å². The number of nitrogens with one attached hydrogen (secondary N) is 3. The molecule has 2 aromatic carbocycles.